The lowest BCUT2D eigenvalue weighted by Gasteiger charge is -2.21. The summed E-state index contributed by atoms with van der Waals surface area (Å²) in [6.45, 7) is 4.63. The first kappa shape index (κ1) is 27.6. The van der Waals surface area contributed by atoms with Gasteiger partial charge in [0, 0.05) is 12.8 Å². The predicted molar refractivity (Wildman–Crippen MR) is 129 cm³/mol. The minimum Gasteiger partial charge on any atom is -0.383 e. The van der Waals surface area contributed by atoms with Gasteiger partial charge in [0.2, 0.25) is 0 Å². The minimum absolute atomic E-state index is 0.148. The summed E-state index contributed by atoms with van der Waals surface area (Å²) in [6, 6.07) is 1.49. The number of nitrogens with zero attached hydrogens (tertiary/aromatic N) is 2. The van der Waals surface area contributed by atoms with Crippen molar-refractivity contribution < 1.29 is 9.84 Å². The molecule has 0 aliphatic rings. The monoisotopic (exact) mass is 437 g/mol. The zero-order chi connectivity index (χ0) is 22.7. The number of unbranched alkanes of at least 4 members (excludes halogenated alkanes) is 15. The Morgan fingerprint density at radius 3 is 1.81 bits per heavy atom. The number of rotatable bonds is 20. The summed E-state index contributed by atoms with van der Waals surface area (Å²) >= 11 is 0. The third-order valence-corrected chi connectivity index (χ3v) is 5.94. The standard InChI is InChI=1S/C25H47N3O3/c1-3-4-5-6-7-8-9-10-11-12-13-14-15-16-17-18-21-31-22(2)24(29)28-20-19-23(26)27-25(28)30/h19-20,22,24,29H,3-18,21H2,1-2H3,(H2,26,27,30). The van der Waals surface area contributed by atoms with Gasteiger partial charge in [-0.25, -0.2) is 4.79 Å². The number of nitrogen functional groups attached to an aromatic ring is 1. The molecular weight excluding hydrogens is 390 g/mol. The van der Waals surface area contributed by atoms with Gasteiger partial charge in [0.05, 0.1) is 6.10 Å². The maximum Gasteiger partial charge on any atom is 0.351 e. The summed E-state index contributed by atoms with van der Waals surface area (Å²) in [5, 5.41) is 10.3. The second kappa shape index (κ2) is 18.2. The summed E-state index contributed by atoms with van der Waals surface area (Å²) < 4.78 is 6.84. The van der Waals surface area contributed by atoms with Crippen molar-refractivity contribution in [2.75, 3.05) is 12.3 Å². The third-order valence-electron chi connectivity index (χ3n) is 5.94. The Morgan fingerprint density at radius 1 is 0.903 bits per heavy atom. The van der Waals surface area contributed by atoms with Crippen molar-refractivity contribution >= 4 is 5.82 Å². The molecular formula is C25H47N3O3. The molecule has 2 atom stereocenters. The Labute approximate surface area is 189 Å². The van der Waals surface area contributed by atoms with Gasteiger partial charge >= 0.3 is 5.69 Å². The molecule has 6 heteroatoms. The van der Waals surface area contributed by atoms with Crippen LogP contribution in [0.15, 0.2) is 17.1 Å². The molecule has 0 aliphatic heterocycles. The van der Waals surface area contributed by atoms with Crippen molar-refractivity contribution in [3.8, 4) is 0 Å². The van der Waals surface area contributed by atoms with E-state index in [-0.39, 0.29) is 5.82 Å². The van der Waals surface area contributed by atoms with E-state index in [2.05, 4.69) is 11.9 Å². The molecule has 0 fully saturated rings. The molecule has 1 heterocycles. The van der Waals surface area contributed by atoms with E-state index in [4.69, 9.17) is 10.5 Å². The summed E-state index contributed by atoms with van der Waals surface area (Å²) in [7, 11) is 0. The van der Waals surface area contributed by atoms with Gasteiger partial charge in [0.1, 0.15) is 5.82 Å². The molecule has 1 rings (SSSR count). The van der Waals surface area contributed by atoms with E-state index in [0.29, 0.717) is 6.61 Å². The maximum atomic E-state index is 11.8. The molecule has 0 amide bonds. The molecule has 2 unspecified atom stereocenters. The largest absolute Gasteiger partial charge is 0.383 e. The van der Waals surface area contributed by atoms with Crippen LogP contribution in [0.4, 0.5) is 5.82 Å². The van der Waals surface area contributed by atoms with Gasteiger partial charge in [-0.05, 0) is 19.4 Å². The zero-order valence-corrected chi connectivity index (χ0v) is 20.1. The van der Waals surface area contributed by atoms with Crippen LogP contribution in [-0.4, -0.2) is 27.4 Å². The van der Waals surface area contributed by atoms with E-state index < -0.39 is 18.0 Å². The Kier molecular flexibility index (Phi) is 16.2. The third kappa shape index (κ3) is 13.6. The highest BCUT2D eigenvalue weighted by Crippen LogP contribution is 2.14. The van der Waals surface area contributed by atoms with E-state index in [1.165, 1.54) is 102 Å². The second-order valence-electron chi connectivity index (χ2n) is 8.84. The van der Waals surface area contributed by atoms with Crippen LogP contribution in [0, 0.1) is 0 Å². The molecule has 0 aliphatic carbocycles. The summed E-state index contributed by atoms with van der Waals surface area (Å²) in [5.74, 6) is 0.148. The lowest BCUT2D eigenvalue weighted by atomic mass is 10.0. The van der Waals surface area contributed by atoms with Gasteiger partial charge in [-0.1, -0.05) is 103 Å². The van der Waals surface area contributed by atoms with Crippen molar-refractivity contribution in [1.29, 1.82) is 0 Å². The fraction of sp³-hybridized carbons (Fsp3) is 0.840. The fourth-order valence-corrected chi connectivity index (χ4v) is 3.86. The van der Waals surface area contributed by atoms with Gasteiger partial charge < -0.3 is 15.6 Å². The van der Waals surface area contributed by atoms with Crippen molar-refractivity contribution in [1.82, 2.24) is 9.55 Å². The highest BCUT2D eigenvalue weighted by Gasteiger charge is 2.18. The number of nitrogens with two attached hydrogens (primary N) is 1. The molecule has 3 N–H and O–H groups in total. The van der Waals surface area contributed by atoms with Crippen molar-refractivity contribution in [3.63, 3.8) is 0 Å². The molecule has 6 nitrogen and oxygen atoms in total. The Balaban J connectivity index is 1.89. The van der Waals surface area contributed by atoms with Crippen LogP contribution in [0.2, 0.25) is 0 Å². The van der Waals surface area contributed by atoms with Crippen LogP contribution >= 0.6 is 0 Å². The molecule has 0 spiro atoms. The van der Waals surface area contributed by atoms with Crippen LogP contribution in [0.5, 0.6) is 0 Å². The molecule has 0 bridgehead atoms. The van der Waals surface area contributed by atoms with Crippen LogP contribution in [0.25, 0.3) is 0 Å². The van der Waals surface area contributed by atoms with Gasteiger partial charge in [0.25, 0.3) is 0 Å². The summed E-state index contributed by atoms with van der Waals surface area (Å²) in [4.78, 5) is 15.4. The lowest BCUT2D eigenvalue weighted by molar-refractivity contribution is -0.0655. The Morgan fingerprint density at radius 2 is 1.35 bits per heavy atom. The topological polar surface area (TPSA) is 90.4 Å². The molecule has 1 aromatic heterocycles. The van der Waals surface area contributed by atoms with E-state index in [0.717, 1.165) is 17.4 Å². The number of anilines is 1. The summed E-state index contributed by atoms with van der Waals surface area (Å²) in [6.07, 6.45) is 21.3. The molecule has 0 radical (unpaired) electrons. The molecule has 0 saturated heterocycles. The molecule has 31 heavy (non-hydrogen) atoms. The average Bonchev–Trinajstić information content (AvgIpc) is 2.75. The first-order valence-electron chi connectivity index (χ1n) is 12.7. The van der Waals surface area contributed by atoms with E-state index >= 15 is 0 Å². The first-order valence-corrected chi connectivity index (χ1v) is 12.7. The van der Waals surface area contributed by atoms with Gasteiger partial charge in [-0.15, -0.1) is 0 Å². The number of aliphatic hydroxyl groups is 1. The smallest absolute Gasteiger partial charge is 0.351 e. The van der Waals surface area contributed by atoms with Crippen LogP contribution in [0.3, 0.4) is 0 Å². The highest BCUT2D eigenvalue weighted by atomic mass is 16.5. The van der Waals surface area contributed by atoms with Crippen molar-refractivity contribution in [3.05, 3.63) is 22.7 Å². The van der Waals surface area contributed by atoms with Gasteiger partial charge in [-0.3, -0.25) is 4.57 Å². The van der Waals surface area contributed by atoms with E-state index in [1.807, 2.05) is 0 Å². The minimum atomic E-state index is -1.05. The SMILES string of the molecule is CCCCCCCCCCCCCCCCCCOC(C)C(O)n1ccc(N)nc1=O. The Hall–Kier alpha value is -1.40. The van der Waals surface area contributed by atoms with E-state index in [9.17, 15) is 9.90 Å². The van der Waals surface area contributed by atoms with Crippen LogP contribution < -0.4 is 11.4 Å². The maximum absolute atomic E-state index is 11.8. The van der Waals surface area contributed by atoms with Gasteiger partial charge in [0.15, 0.2) is 6.23 Å². The van der Waals surface area contributed by atoms with Crippen LogP contribution in [0.1, 0.15) is 123 Å². The van der Waals surface area contributed by atoms with Crippen molar-refractivity contribution in [2.45, 2.75) is 129 Å². The zero-order valence-electron chi connectivity index (χ0n) is 20.1. The van der Waals surface area contributed by atoms with E-state index in [1.54, 1.807) is 6.92 Å². The average molecular weight is 438 g/mol. The first-order chi connectivity index (χ1) is 15.1. The molecule has 180 valence electrons. The normalized spacial score (nSPS) is 13.4. The van der Waals surface area contributed by atoms with Crippen molar-refractivity contribution in [2.24, 2.45) is 0 Å². The lowest BCUT2D eigenvalue weighted by Crippen LogP contribution is -2.33. The number of aromatic nitrogens is 2. The summed E-state index contributed by atoms with van der Waals surface area (Å²) in [5.41, 5.74) is 4.91. The Bertz CT molecular complexity index is 606. The quantitative estimate of drug-likeness (QED) is 0.245. The molecule has 0 aromatic carbocycles. The number of hydrogen-bond donors (Lipinski definition) is 2. The number of aliphatic hydroxyl groups excluding tert-OH is 1. The number of ether oxygens (including phenoxy) is 1. The van der Waals surface area contributed by atoms with Gasteiger partial charge in [-0.2, -0.15) is 4.98 Å². The number of hydrogen-bond acceptors (Lipinski definition) is 5. The highest BCUT2D eigenvalue weighted by molar-refractivity contribution is 5.23. The fourth-order valence-electron chi connectivity index (χ4n) is 3.86. The second-order valence-corrected chi connectivity index (χ2v) is 8.84. The van der Waals surface area contributed by atoms with Crippen LogP contribution in [-0.2, 0) is 4.74 Å². The molecule has 0 saturated carbocycles. The molecule has 1 aromatic rings. The predicted octanol–water partition coefficient (Wildman–Crippen LogP) is 5.98.